The number of carbonyl (C=O) groups excluding carboxylic acids is 2. The van der Waals surface area contributed by atoms with Gasteiger partial charge in [-0.25, -0.2) is 4.98 Å². The number of aromatic nitrogens is 1. The molecule has 0 saturated carbocycles. The Kier molecular flexibility index (Phi) is 5.50. The summed E-state index contributed by atoms with van der Waals surface area (Å²) in [5.41, 5.74) is 1.18. The minimum atomic E-state index is -0.639. The average Bonchev–Trinajstić information content (AvgIpc) is 3.04. The maximum atomic E-state index is 12.2. The van der Waals surface area contributed by atoms with Crippen LogP contribution in [0.3, 0.4) is 0 Å². The molecule has 0 aliphatic rings. The fraction of sp³-hybridized carbons (Fsp3) is 0.167. The zero-order valence-electron chi connectivity index (χ0n) is 15.0. The molecule has 0 spiro atoms. The second-order valence-electron chi connectivity index (χ2n) is 5.79. The average molecular weight is 400 g/mol. The van der Waals surface area contributed by atoms with Crippen molar-refractivity contribution in [3.05, 3.63) is 57.1 Å². The van der Waals surface area contributed by atoms with Gasteiger partial charge in [0.25, 0.3) is 5.91 Å². The van der Waals surface area contributed by atoms with E-state index in [1.165, 1.54) is 30.6 Å². The van der Waals surface area contributed by atoms with E-state index in [0.717, 1.165) is 21.3 Å². The zero-order valence-corrected chi connectivity index (χ0v) is 15.8. The van der Waals surface area contributed by atoms with Gasteiger partial charge in [0, 0.05) is 17.3 Å². The third-order valence-corrected chi connectivity index (χ3v) is 4.76. The molecular weight excluding hydrogens is 384 g/mol. The van der Waals surface area contributed by atoms with Gasteiger partial charge >= 0.3 is 5.69 Å². The van der Waals surface area contributed by atoms with Gasteiger partial charge in [0.2, 0.25) is 5.91 Å². The predicted octanol–water partition coefficient (Wildman–Crippen LogP) is 2.89. The summed E-state index contributed by atoms with van der Waals surface area (Å²) in [5.74, 6) is -0.973. The van der Waals surface area contributed by atoms with E-state index in [1.807, 2.05) is 19.1 Å². The van der Waals surface area contributed by atoms with Crippen molar-refractivity contribution in [1.82, 2.24) is 10.3 Å². The highest BCUT2D eigenvalue weighted by Crippen LogP contribution is 2.27. The van der Waals surface area contributed by atoms with E-state index < -0.39 is 16.7 Å². The Labute approximate surface area is 163 Å². The molecule has 0 aliphatic carbocycles. The Bertz CT molecular complexity index is 1080. The predicted molar refractivity (Wildman–Crippen MR) is 105 cm³/mol. The van der Waals surface area contributed by atoms with E-state index in [0.29, 0.717) is 5.69 Å². The van der Waals surface area contributed by atoms with Crippen molar-refractivity contribution >= 4 is 44.7 Å². The van der Waals surface area contributed by atoms with E-state index in [2.05, 4.69) is 15.6 Å². The van der Waals surface area contributed by atoms with Gasteiger partial charge in [-0.05, 0) is 37.3 Å². The van der Waals surface area contributed by atoms with Crippen LogP contribution in [0, 0.1) is 17.0 Å². The number of benzene rings is 2. The van der Waals surface area contributed by atoms with Crippen molar-refractivity contribution in [1.29, 1.82) is 0 Å². The molecule has 0 fully saturated rings. The molecule has 2 N–H and O–H groups in total. The number of hydrogen-bond acceptors (Lipinski definition) is 7. The van der Waals surface area contributed by atoms with Crippen LogP contribution in [0.15, 0.2) is 36.4 Å². The summed E-state index contributed by atoms with van der Waals surface area (Å²) in [5, 5.41) is 17.1. The Balaban J connectivity index is 1.62. The highest BCUT2D eigenvalue weighted by molar-refractivity contribution is 7.18. The van der Waals surface area contributed by atoms with Crippen molar-refractivity contribution in [2.45, 2.75) is 6.92 Å². The highest BCUT2D eigenvalue weighted by atomic mass is 32.1. The van der Waals surface area contributed by atoms with Gasteiger partial charge in [0.05, 0.1) is 33.8 Å². The quantitative estimate of drug-likeness (QED) is 0.484. The summed E-state index contributed by atoms with van der Waals surface area (Å²) < 4.78 is 5.85. The lowest BCUT2D eigenvalue weighted by Crippen LogP contribution is -2.32. The molecular formula is C18H16N4O5S. The third kappa shape index (κ3) is 4.23. The van der Waals surface area contributed by atoms with E-state index in [1.54, 1.807) is 6.07 Å². The molecule has 2 aromatic carbocycles. The lowest BCUT2D eigenvalue weighted by molar-refractivity contribution is -0.385. The SMILES string of the molecule is COc1ccc(C(=O)NCC(=O)Nc2ccc3nc(C)sc3c2)cc1[N+](=O)[O-]. The molecule has 144 valence electrons. The molecule has 9 nitrogen and oxygen atoms in total. The number of amides is 2. The first-order chi connectivity index (χ1) is 13.4. The smallest absolute Gasteiger partial charge is 0.311 e. The van der Waals surface area contributed by atoms with E-state index in [4.69, 9.17) is 4.74 Å². The molecule has 0 bridgehead atoms. The fourth-order valence-electron chi connectivity index (χ4n) is 2.56. The Hall–Kier alpha value is -3.53. The van der Waals surface area contributed by atoms with Crippen LogP contribution in [0.1, 0.15) is 15.4 Å². The van der Waals surface area contributed by atoms with Gasteiger partial charge < -0.3 is 15.4 Å². The van der Waals surface area contributed by atoms with Crippen LogP contribution in [-0.4, -0.2) is 35.4 Å². The first-order valence-electron chi connectivity index (χ1n) is 8.15. The molecule has 0 radical (unpaired) electrons. The van der Waals surface area contributed by atoms with Crippen molar-refractivity contribution in [3.8, 4) is 5.75 Å². The molecule has 10 heteroatoms. The van der Waals surface area contributed by atoms with Gasteiger partial charge in [0.15, 0.2) is 5.75 Å². The summed E-state index contributed by atoms with van der Waals surface area (Å²) >= 11 is 1.52. The maximum absolute atomic E-state index is 12.2. The molecule has 2 amide bonds. The number of methoxy groups -OCH3 is 1. The van der Waals surface area contributed by atoms with E-state index >= 15 is 0 Å². The van der Waals surface area contributed by atoms with E-state index in [-0.39, 0.29) is 23.5 Å². The minimum absolute atomic E-state index is 0.0491. The second-order valence-corrected chi connectivity index (χ2v) is 7.02. The number of carbonyl (C=O) groups is 2. The van der Waals surface area contributed by atoms with Crippen molar-refractivity contribution in [3.63, 3.8) is 0 Å². The fourth-order valence-corrected chi connectivity index (χ4v) is 3.43. The van der Waals surface area contributed by atoms with Gasteiger partial charge in [-0.1, -0.05) is 0 Å². The number of anilines is 1. The first-order valence-corrected chi connectivity index (χ1v) is 8.96. The molecule has 1 heterocycles. The van der Waals surface area contributed by atoms with Crippen LogP contribution >= 0.6 is 11.3 Å². The van der Waals surface area contributed by atoms with Crippen LogP contribution in [0.25, 0.3) is 10.2 Å². The van der Waals surface area contributed by atoms with Gasteiger partial charge in [0.1, 0.15) is 0 Å². The van der Waals surface area contributed by atoms with Crippen LogP contribution < -0.4 is 15.4 Å². The third-order valence-electron chi connectivity index (χ3n) is 3.83. The molecule has 0 unspecified atom stereocenters. The second kappa shape index (κ2) is 8.01. The normalized spacial score (nSPS) is 10.5. The largest absolute Gasteiger partial charge is 0.490 e. The summed E-state index contributed by atoms with van der Waals surface area (Å²) in [6, 6.07) is 9.18. The van der Waals surface area contributed by atoms with Crippen LogP contribution in [0.5, 0.6) is 5.75 Å². The summed E-state index contributed by atoms with van der Waals surface area (Å²) in [6.07, 6.45) is 0. The van der Waals surface area contributed by atoms with Gasteiger partial charge in [-0.15, -0.1) is 11.3 Å². The Morgan fingerprint density at radius 2 is 2.04 bits per heavy atom. The summed E-state index contributed by atoms with van der Waals surface area (Å²) in [7, 11) is 1.30. The molecule has 0 saturated heterocycles. The summed E-state index contributed by atoms with van der Waals surface area (Å²) in [6.45, 7) is 1.63. The number of thiazole rings is 1. The lowest BCUT2D eigenvalue weighted by atomic mass is 10.1. The standard InChI is InChI=1S/C18H16N4O5S/c1-10-20-13-5-4-12(8-16(13)28-10)21-17(23)9-19-18(24)11-3-6-15(27-2)14(7-11)22(25)26/h3-8H,9H2,1-2H3,(H,19,24)(H,21,23). The number of aryl methyl sites for hydroxylation is 1. The highest BCUT2D eigenvalue weighted by Gasteiger charge is 2.18. The number of hydrogen-bond donors (Lipinski definition) is 2. The zero-order chi connectivity index (χ0) is 20.3. The molecule has 3 rings (SSSR count). The summed E-state index contributed by atoms with van der Waals surface area (Å²) in [4.78, 5) is 39.0. The Morgan fingerprint density at radius 3 is 2.75 bits per heavy atom. The number of ether oxygens (including phenoxy) is 1. The number of fused-ring (bicyclic) bond motifs is 1. The van der Waals surface area contributed by atoms with Crippen molar-refractivity contribution in [2.24, 2.45) is 0 Å². The molecule has 28 heavy (non-hydrogen) atoms. The monoisotopic (exact) mass is 400 g/mol. The van der Waals surface area contributed by atoms with E-state index in [9.17, 15) is 19.7 Å². The lowest BCUT2D eigenvalue weighted by Gasteiger charge is -2.08. The van der Waals surface area contributed by atoms with Crippen LogP contribution in [0.2, 0.25) is 0 Å². The van der Waals surface area contributed by atoms with Crippen LogP contribution in [-0.2, 0) is 4.79 Å². The van der Waals surface area contributed by atoms with Crippen molar-refractivity contribution < 1.29 is 19.2 Å². The number of nitro benzene ring substituents is 1. The number of rotatable bonds is 6. The number of nitro groups is 1. The number of nitrogens with zero attached hydrogens (tertiary/aromatic N) is 2. The number of nitrogens with one attached hydrogen (secondary N) is 2. The molecule has 3 aromatic rings. The van der Waals surface area contributed by atoms with Crippen LogP contribution in [0.4, 0.5) is 11.4 Å². The molecule has 1 aromatic heterocycles. The maximum Gasteiger partial charge on any atom is 0.311 e. The Morgan fingerprint density at radius 1 is 1.25 bits per heavy atom. The first kappa shape index (κ1) is 19.2. The topological polar surface area (TPSA) is 123 Å². The molecule has 0 aliphatic heterocycles. The van der Waals surface area contributed by atoms with Gasteiger partial charge in [-0.2, -0.15) is 0 Å². The van der Waals surface area contributed by atoms with Crippen molar-refractivity contribution in [2.75, 3.05) is 19.0 Å². The van der Waals surface area contributed by atoms with Gasteiger partial charge in [-0.3, -0.25) is 19.7 Å². The molecule has 0 atom stereocenters. The minimum Gasteiger partial charge on any atom is -0.490 e.